The van der Waals surface area contributed by atoms with Crippen molar-refractivity contribution in [1.29, 1.82) is 0 Å². The highest BCUT2D eigenvalue weighted by atomic mass is 19.4. The number of hydrogen-bond donors (Lipinski definition) is 0. The lowest BCUT2D eigenvalue weighted by molar-refractivity contribution is -0.117. The Bertz CT molecular complexity index is 1030. The number of halogens is 3. The molecule has 0 amide bonds. The SMILES string of the molecule is CCOC(=O)c1ccc(C(C(C)=O)c2ccc3c(c2)C(C(F)(F)F)=CCC3(C)C)cc1. The topological polar surface area (TPSA) is 43.4 Å². The quantitative estimate of drug-likeness (QED) is 0.530. The number of allylic oxidation sites excluding steroid dienone is 2. The van der Waals surface area contributed by atoms with E-state index < -0.39 is 29.1 Å². The van der Waals surface area contributed by atoms with Crippen LogP contribution in [0.2, 0.25) is 0 Å². The van der Waals surface area contributed by atoms with E-state index >= 15 is 0 Å². The zero-order chi connectivity index (χ0) is 23.0. The van der Waals surface area contributed by atoms with Gasteiger partial charge in [-0.05, 0) is 66.1 Å². The van der Waals surface area contributed by atoms with E-state index in [1.165, 1.54) is 19.1 Å². The van der Waals surface area contributed by atoms with E-state index in [0.29, 0.717) is 28.7 Å². The van der Waals surface area contributed by atoms with Crippen LogP contribution in [0, 0.1) is 0 Å². The number of fused-ring (bicyclic) bond motifs is 1. The number of esters is 1. The van der Waals surface area contributed by atoms with E-state index in [4.69, 9.17) is 4.74 Å². The molecule has 0 aromatic heterocycles. The van der Waals surface area contributed by atoms with Crippen LogP contribution in [0.1, 0.15) is 72.6 Å². The molecule has 1 aliphatic carbocycles. The summed E-state index contributed by atoms with van der Waals surface area (Å²) in [5, 5.41) is 0. The molecule has 0 N–H and O–H groups in total. The van der Waals surface area contributed by atoms with Gasteiger partial charge >= 0.3 is 12.1 Å². The summed E-state index contributed by atoms with van der Waals surface area (Å²) in [6, 6.07) is 11.3. The lowest BCUT2D eigenvalue weighted by atomic mass is 9.72. The van der Waals surface area contributed by atoms with Crippen molar-refractivity contribution in [2.45, 2.75) is 51.6 Å². The lowest BCUT2D eigenvalue weighted by Gasteiger charge is -2.33. The molecule has 164 valence electrons. The summed E-state index contributed by atoms with van der Waals surface area (Å²) < 4.78 is 46.0. The Labute approximate surface area is 179 Å². The zero-order valence-corrected chi connectivity index (χ0v) is 18.0. The molecule has 1 unspecified atom stereocenters. The Kier molecular flexibility index (Phi) is 6.12. The molecule has 1 atom stereocenters. The fourth-order valence-electron chi connectivity index (χ4n) is 4.09. The lowest BCUT2D eigenvalue weighted by Crippen LogP contribution is -2.26. The Morgan fingerprint density at radius 1 is 1.06 bits per heavy atom. The van der Waals surface area contributed by atoms with E-state index in [0.717, 1.165) is 0 Å². The standard InChI is InChI=1S/C25H25F3O3/c1-5-31-23(30)17-8-6-16(7-9-17)22(15(2)29)18-10-11-20-19(14-18)21(25(26,27)28)12-13-24(20,3)4/h6-12,14,22H,5,13H2,1-4H3. The summed E-state index contributed by atoms with van der Waals surface area (Å²) in [6.45, 7) is 7.18. The molecule has 31 heavy (non-hydrogen) atoms. The highest BCUT2D eigenvalue weighted by Crippen LogP contribution is 2.46. The van der Waals surface area contributed by atoms with Crippen LogP contribution in [0.25, 0.3) is 5.57 Å². The first-order chi connectivity index (χ1) is 14.5. The van der Waals surface area contributed by atoms with Crippen molar-refractivity contribution in [2.75, 3.05) is 6.61 Å². The second-order valence-corrected chi connectivity index (χ2v) is 8.39. The van der Waals surface area contributed by atoms with Crippen molar-refractivity contribution in [1.82, 2.24) is 0 Å². The smallest absolute Gasteiger partial charge is 0.416 e. The van der Waals surface area contributed by atoms with Crippen molar-refractivity contribution < 1.29 is 27.5 Å². The zero-order valence-electron chi connectivity index (χ0n) is 18.0. The number of carbonyl (C=O) groups is 2. The number of carbonyl (C=O) groups excluding carboxylic acids is 2. The van der Waals surface area contributed by atoms with Gasteiger partial charge in [0.25, 0.3) is 0 Å². The maximum atomic E-state index is 13.7. The van der Waals surface area contributed by atoms with E-state index in [1.54, 1.807) is 43.3 Å². The number of hydrogen-bond acceptors (Lipinski definition) is 3. The van der Waals surface area contributed by atoms with E-state index in [-0.39, 0.29) is 18.0 Å². The van der Waals surface area contributed by atoms with Gasteiger partial charge in [0.1, 0.15) is 5.78 Å². The van der Waals surface area contributed by atoms with Gasteiger partial charge in [-0.25, -0.2) is 4.79 Å². The van der Waals surface area contributed by atoms with Crippen LogP contribution in [0.15, 0.2) is 48.5 Å². The summed E-state index contributed by atoms with van der Waals surface area (Å²) in [7, 11) is 0. The maximum Gasteiger partial charge on any atom is 0.416 e. The second kappa shape index (κ2) is 8.33. The molecular formula is C25H25F3O3. The number of rotatable bonds is 5. The normalized spacial score (nSPS) is 16.2. The van der Waals surface area contributed by atoms with Crippen LogP contribution in [0.3, 0.4) is 0 Å². The van der Waals surface area contributed by atoms with Gasteiger partial charge in [-0.1, -0.05) is 44.2 Å². The van der Waals surface area contributed by atoms with E-state index in [1.807, 2.05) is 13.8 Å². The molecule has 3 rings (SSSR count). The van der Waals surface area contributed by atoms with E-state index in [9.17, 15) is 22.8 Å². The summed E-state index contributed by atoms with van der Waals surface area (Å²) in [5.41, 5.74) is 1.08. The minimum Gasteiger partial charge on any atom is -0.462 e. The second-order valence-electron chi connectivity index (χ2n) is 8.39. The van der Waals surface area contributed by atoms with Gasteiger partial charge < -0.3 is 4.74 Å². The van der Waals surface area contributed by atoms with Gasteiger partial charge in [-0.15, -0.1) is 0 Å². The Hall–Kier alpha value is -2.89. The fraction of sp³-hybridized carbons (Fsp3) is 0.360. The molecule has 2 aromatic rings. The minimum atomic E-state index is -4.48. The highest BCUT2D eigenvalue weighted by molar-refractivity contribution is 5.91. The minimum absolute atomic E-state index is 0.121. The molecule has 1 aliphatic rings. The molecule has 0 fully saturated rings. The first-order valence-corrected chi connectivity index (χ1v) is 10.2. The third kappa shape index (κ3) is 4.58. The average Bonchev–Trinajstić information content (AvgIpc) is 2.67. The number of ketones is 1. The molecular weight excluding hydrogens is 405 g/mol. The number of benzene rings is 2. The molecule has 0 spiro atoms. The molecule has 0 aliphatic heterocycles. The Balaban J connectivity index is 2.07. The van der Waals surface area contributed by atoms with Gasteiger partial charge in [0.2, 0.25) is 0 Å². The van der Waals surface area contributed by atoms with Crippen LogP contribution in [0.4, 0.5) is 13.2 Å². The summed E-state index contributed by atoms with van der Waals surface area (Å²) in [6.07, 6.45) is -2.94. The number of Topliss-reactive ketones (excluding diaryl/α,β-unsaturated/α-hetero) is 1. The molecule has 0 saturated carbocycles. The first kappa shape index (κ1) is 22.8. The molecule has 0 heterocycles. The van der Waals surface area contributed by atoms with Gasteiger partial charge in [0.15, 0.2) is 0 Å². The van der Waals surface area contributed by atoms with Crippen molar-refractivity contribution in [3.05, 3.63) is 76.4 Å². The third-order valence-electron chi connectivity index (χ3n) is 5.68. The molecule has 2 aromatic carbocycles. The largest absolute Gasteiger partial charge is 0.462 e. The molecule has 0 radical (unpaired) electrons. The van der Waals surface area contributed by atoms with Gasteiger partial charge in [-0.3, -0.25) is 4.79 Å². The highest BCUT2D eigenvalue weighted by Gasteiger charge is 2.41. The van der Waals surface area contributed by atoms with Crippen LogP contribution >= 0.6 is 0 Å². The van der Waals surface area contributed by atoms with Crippen molar-refractivity contribution in [2.24, 2.45) is 0 Å². The van der Waals surface area contributed by atoms with Crippen LogP contribution in [-0.2, 0) is 14.9 Å². The van der Waals surface area contributed by atoms with Crippen LogP contribution < -0.4 is 0 Å². The molecule has 3 nitrogen and oxygen atoms in total. The maximum absolute atomic E-state index is 13.7. The van der Waals surface area contributed by atoms with Crippen molar-refractivity contribution >= 4 is 17.3 Å². The van der Waals surface area contributed by atoms with E-state index in [2.05, 4.69) is 0 Å². The molecule has 0 bridgehead atoms. The predicted molar refractivity (Wildman–Crippen MR) is 113 cm³/mol. The molecule has 6 heteroatoms. The van der Waals surface area contributed by atoms with Crippen LogP contribution in [-0.4, -0.2) is 24.5 Å². The third-order valence-corrected chi connectivity index (χ3v) is 5.68. The van der Waals surface area contributed by atoms with Crippen molar-refractivity contribution in [3.8, 4) is 0 Å². The Morgan fingerprint density at radius 3 is 2.23 bits per heavy atom. The Morgan fingerprint density at radius 2 is 1.68 bits per heavy atom. The number of ether oxygens (including phenoxy) is 1. The average molecular weight is 430 g/mol. The number of alkyl halides is 3. The monoisotopic (exact) mass is 430 g/mol. The van der Waals surface area contributed by atoms with Gasteiger partial charge in [0.05, 0.1) is 23.7 Å². The van der Waals surface area contributed by atoms with Gasteiger partial charge in [-0.2, -0.15) is 13.2 Å². The van der Waals surface area contributed by atoms with Gasteiger partial charge in [0, 0.05) is 0 Å². The summed E-state index contributed by atoms with van der Waals surface area (Å²) in [5.74, 6) is -1.40. The predicted octanol–water partition coefficient (Wildman–Crippen LogP) is 6.21. The summed E-state index contributed by atoms with van der Waals surface area (Å²) >= 11 is 0. The molecule has 0 saturated heterocycles. The fourth-order valence-corrected chi connectivity index (χ4v) is 4.09. The summed E-state index contributed by atoms with van der Waals surface area (Å²) in [4.78, 5) is 24.4. The van der Waals surface area contributed by atoms with Crippen molar-refractivity contribution in [3.63, 3.8) is 0 Å². The first-order valence-electron chi connectivity index (χ1n) is 10.2. The van der Waals surface area contributed by atoms with Crippen LogP contribution in [0.5, 0.6) is 0 Å².